The molecular formula is C17H18N2O3. The lowest BCUT2D eigenvalue weighted by atomic mass is 10.2. The first-order chi connectivity index (χ1) is 10.7. The van der Waals surface area contributed by atoms with E-state index in [1.165, 1.54) is 0 Å². The van der Waals surface area contributed by atoms with Crippen LogP contribution < -0.4 is 20.1 Å². The first-order valence-corrected chi connectivity index (χ1v) is 7.20. The van der Waals surface area contributed by atoms with Crippen LogP contribution in [-0.4, -0.2) is 18.7 Å². The smallest absolute Gasteiger partial charge is 0.242 e. The molecule has 1 atom stereocenters. The minimum Gasteiger partial charge on any atom is -0.454 e. The van der Waals surface area contributed by atoms with E-state index in [1.807, 2.05) is 55.5 Å². The summed E-state index contributed by atoms with van der Waals surface area (Å²) < 4.78 is 10.6. The molecule has 22 heavy (non-hydrogen) atoms. The van der Waals surface area contributed by atoms with Crippen LogP contribution in [-0.2, 0) is 11.3 Å². The number of carbonyl (C=O) groups is 1. The highest BCUT2D eigenvalue weighted by atomic mass is 16.7. The molecule has 0 fully saturated rings. The van der Waals surface area contributed by atoms with E-state index < -0.39 is 0 Å². The molecule has 1 unspecified atom stereocenters. The largest absolute Gasteiger partial charge is 0.454 e. The van der Waals surface area contributed by atoms with Gasteiger partial charge in [-0.1, -0.05) is 30.3 Å². The molecule has 1 amide bonds. The van der Waals surface area contributed by atoms with Gasteiger partial charge in [0.25, 0.3) is 0 Å². The van der Waals surface area contributed by atoms with E-state index in [1.54, 1.807) is 0 Å². The third-order valence-electron chi connectivity index (χ3n) is 3.46. The van der Waals surface area contributed by atoms with Crippen molar-refractivity contribution < 1.29 is 14.3 Å². The number of ether oxygens (including phenoxy) is 2. The second-order valence-electron chi connectivity index (χ2n) is 5.14. The predicted octanol–water partition coefficient (Wildman–Crippen LogP) is 2.53. The molecule has 0 radical (unpaired) electrons. The van der Waals surface area contributed by atoms with Crippen molar-refractivity contribution in [2.45, 2.75) is 19.5 Å². The maximum absolute atomic E-state index is 12.1. The number of carbonyl (C=O) groups excluding carboxylic acids is 1. The van der Waals surface area contributed by atoms with Crippen LogP contribution in [0.1, 0.15) is 12.5 Å². The highest BCUT2D eigenvalue weighted by molar-refractivity contribution is 5.84. The Hall–Kier alpha value is -2.69. The average molecular weight is 298 g/mol. The van der Waals surface area contributed by atoms with Crippen molar-refractivity contribution in [3.63, 3.8) is 0 Å². The summed E-state index contributed by atoms with van der Waals surface area (Å²) in [5, 5.41) is 6.07. The Morgan fingerprint density at radius 2 is 1.91 bits per heavy atom. The molecule has 0 bridgehead atoms. The maximum Gasteiger partial charge on any atom is 0.242 e. The summed E-state index contributed by atoms with van der Waals surface area (Å²) in [5.74, 6) is 1.37. The van der Waals surface area contributed by atoms with Crippen molar-refractivity contribution in [1.29, 1.82) is 0 Å². The number of rotatable bonds is 5. The van der Waals surface area contributed by atoms with Crippen LogP contribution >= 0.6 is 0 Å². The van der Waals surface area contributed by atoms with Gasteiger partial charge in [0.2, 0.25) is 12.7 Å². The summed E-state index contributed by atoms with van der Waals surface area (Å²) in [6.07, 6.45) is 0. The monoisotopic (exact) mass is 298 g/mol. The van der Waals surface area contributed by atoms with Crippen LogP contribution in [0.25, 0.3) is 0 Å². The average Bonchev–Trinajstić information content (AvgIpc) is 3.01. The third-order valence-corrected chi connectivity index (χ3v) is 3.46. The predicted molar refractivity (Wildman–Crippen MR) is 83.9 cm³/mol. The van der Waals surface area contributed by atoms with Gasteiger partial charge in [0, 0.05) is 18.3 Å². The Balaban J connectivity index is 1.55. The quantitative estimate of drug-likeness (QED) is 0.890. The van der Waals surface area contributed by atoms with Gasteiger partial charge in [-0.25, -0.2) is 0 Å². The van der Waals surface area contributed by atoms with Crippen molar-refractivity contribution in [2.75, 3.05) is 12.1 Å². The molecule has 5 heteroatoms. The number of amides is 1. The summed E-state index contributed by atoms with van der Waals surface area (Å²) in [4.78, 5) is 12.1. The first kappa shape index (κ1) is 14.3. The minimum atomic E-state index is -0.343. The molecular weight excluding hydrogens is 280 g/mol. The summed E-state index contributed by atoms with van der Waals surface area (Å²) >= 11 is 0. The highest BCUT2D eigenvalue weighted by Gasteiger charge is 2.16. The van der Waals surface area contributed by atoms with Crippen molar-refractivity contribution in [3.8, 4) is 11.5 Å². The number of hydrogen-bond donors (Lipinski definition) is 2. The number of benzene rings is 2. The number of hydrogen-bond acceptors (Lipinski definition) is 4. The van der Waals surface area contributed by atoms with Gasteiger partial charge in [-0.05, 0) is 24.6 Å². The van der Waals surface area contributed by atoms with Crippen LogP contribution in [0.3, 0.4) is 0 Å². The van der Waals surface area contributed by atoms with E-state index in [0.29, 0.717) is 12.3 Å². The van der Waals surface area contributed by atoms with Crippen molar-refractivity contribution in [3.05, 3.63) is 54.1 Å². The molecule has 2 N–H and O–H groups in total. The summed E-state index contributed by atoms with van der Waals surface area (Å²) in [7, 11) is 0. The second-order valence-corrected chi connectivity index (χ2v) is 5.14. The molecule has 0 aromatic heterocycles. The molecule has 1 aliphatic rings. The molecule has 114 valence electrons. The minimum absolute atomic E-state index is 0.0541. The van der Waals surface area contributed by atoms with E-state index in [4.69, 9.17) is 9.47 Å². The summed E-state index contributed by atoms with van der Waals surface area (Å²) in [5.41, 5.74) is 1.90. The van der Waals surface area contributed by atoms with Crippen LogP contribution in [0.2, 0.25) is 0 Å². The molecule has 2 aromatic rings. The van der Waals surface area contributed by atoms with Crippen LogP contribution in [0.5, 0.6) is 11.5 Å². The lowest BCUT2D eigenvalue weighted by Gasteiger charge is -2.15. The first-order valence-electron chi connectivity index (χ1n) is 7.20. The van der Waals surface area contributed by atoms with Gasteiger partial charge in [-0.3, -0.25) is 4.79 Å². The van der Waals surface area contributed by atoms with Gasteiger partial charge in [0.1, 0.15) is 6.04 Å². The zero-order chi connectivity index (χ0) is 15.4. The van der Waals surface area contributed by atoms with Crippen molar-refractivity contribution >= 4 is 11.6 Å². The van der Waals surface area contributed by atoms with Gasteiger partial charge < -0.3 is 20.1 Å². The Morgan fingerprint density at radius 1 is 1.14 bits per heavy atom. The molecule has 2 aromatic carbocycles. The number of nitrogens with one attached hydrogen (secondary N) is 2. The third kappa shape index (κ3) is 3.31. The SMILES string of the molecule is CC(Nc1ccc2c(c1)OCO2)C(=O)NCc1ccccc1. The van der Waals surface area contributed by atoms with E-state index in [9.17, 15) is 4.79 Å². The Labute approximate surface area is 129 Å². The van der Waals surface area contributed by atoms with Crippen molar-refractivity contribution in [1.82, 2.24) is 5.32 Å². The van der Waals surface area contributed by atoms with Crippen LogP contribution in [0, 0.1) is 0 Å². The Bertz CT molecular complexity index is 658. The van der Waals surface area contributed by atoms with E-state index >= 15 is 0 Å². The highest BCUT2D eigenvalue weighted by Crippen LogP contribution is 2.34. The molecule has 3 rings (SSSR count). The number of anilines is 1. The van der Waals surface area contributed by atoms with Gasteiger partial charge in [0.15, 0.2) is 11.5 Å². The van der Waals surface area contributed by atoms with E-state index in [-0.39, 0.29) is 18.7 Å². The molecule has 1 heterocycles. The fraction of sp³-hybridized carbons (Fsp3) is 0.235. The zero-order valence-corrected chi connectivity index (χ0v) is 12.3. The van der Waals surface area contributed by atoms with Crippen molar-refractivity contribution in [2.24, 2.45) is 0 Å². The standard InChI is InChI=1S/C17H18N2O3/c1-12(17(20)18-10-13-5-3-2-4-6-13)19-14-7-8-15-16(9-14)22-11-21-15/h2-9,12,19H,10-11H2,1H3,(H,18,20). The zero-order valence-electron chi connectivity index (χ0n) is 12.3. The molecule has 0 saturated carbocycles. The fourth-order valence-corrected chi connectivity index (χ4v) is 2.24. The van der Waals surface area contributed by atoms with Crippen LogP contribution in [0.15, 0.2) is 48.5 Å². The molecule has 1 aliphatic heterocycles. The maximum atomic E-state index is 12.1. The topological polar surface area (TPSA) is 59.6 Å². The van der Waals surface area contributed by atoms with E-state index in [2.05, 4.69) is 10.6 Å². The van der Waals surface area contributed by atoms with Gasteiger partial charge in [-0.15, -0.1) is 0 Å². The Morgan fingerprint density at radius 3 is 2.73 bits per heavy atom. The summed E-state index contributed by atoms with van der Waals surface area (Å²) in [6.45, 7) is 2.59. The summed E-state index contributed by atoms with van der Waals surface area (Å²) in [6, 6.07) is 15.0. The number of fused-ring (bicyclic) bond motifs is 1. The van der Waals surface area contributed by atoms with E-state index in [0.717, 1.165) is 17.0 Å². The second kappa shape index (κ2) is 6.39. The van der Waals surface area contributed by atoms with Crippen LogP contribution in [0.4, 0.5) is 5.69 Å². The molecule has 0 spiro atoms. The van der Waals surface area contributed by atoms with Gasteiger partial charge in [-0.2, -0.15) is 0 Å². The lowest BCUT2D eigenvalue weighted by Crippen LogP contribution is -2.37. The molecule has 5 nitrogen and oxygen atoms in total. The molecule has 0 aliphatic carbocycles. The lowest BCUT2D eigenvalue weighted by molar-refractivity contribution is -0.121. The van der Waals surface area contributed by atoms with Gasteiger partial charge in [0.05, 0.1) is 0 Å². The Kier molecular flexibility index (Phi) is 4.14. The van der Waals surface area contributed by atoms with Gasteiger partial charge >= 0.3 is 0 Å². The normalized spacial score (nSPS) is 13.5. The molecule has 0 saturated heterocycles. The fourth-order valence-electron chi connectivity index (χ4n) is 2.24.